The SMILES string of the molecule is C=N/C=C(C)\C(=C/C)N=CC(OCC)=C(N)C(=O)Nc1ccc(Oc2ccnc3cc(OC)c(OC)cc23)cn1. The Hall–Kier alpha value is -5.19. The van der Waals surface area contributed by atoms with Gasteiger partial charge in [-0.15, -0.1) is 0 Å². The first-order valence-corrected chi connectivity index (χ1v) is 12.3. The molecule has 2 aromatic heterocycles. The number of hydrogen-bond acceptors (Lipinski definition) is 10. The van der Waals surface area contributed by atoms with Crippen LogP contribution in [-0.4, -0.2) is 49.6 Å². The first-order valence-electron chi connectivity index (χ1n) is 12.3. The van der Waals surface area contributed by atoms with Crippen LogP contribution in [-0.2, 0) is 9.53 Å². The molecule has 3 rings (SSSR count). The number of pyridine rings is 2. The molecule has 11 nitrogen and oxygen atoms in total. The second kappa shape index (κ2) is 14.1. The van der Waals surface area contributed by atoms with E-state index in [0.717, 1.165) is 11.0 Å². The zero-order valence-electron chi connectivity index (χ0n) is 23.1. The maximum Gasteiger partial charge on any atom is 0.276 e. The van der Waals surface area contributed by atoms with E-state index in [2.05, 4.69) is 32.0 Å². The third-order valence-corrected chi connectivity index (χ3v) is 5.51. The van der Waals surface area contributed by atoms with Gasteiger partial charge in [0.05, 0.1) is 44.5 Å². The summed E-state index contributed by atoms with van der Waals surface area (Å²) in [5, 5.41) is 3.38. The maximum atomic E-state index is 12.8. The van der Waals surface area contributed by atoms with E-state index in [-0.39, 0.29) is 23.9 Å². The highest BCUT2D eigenvalue weighted by Crippen LogP contribution is 2.36. The molecule has 0 aliphatic carbocycles. The van der Waals surface area contributed by atoms with Crippen molar-refractivity contribution < 1.29 is 23.7 Å². The molecule has 1 aromatic carbocycles. The molecule has 0 radical (unpaired) electrons. The lowest BCUT2D eigenvalue weighted by atomic mass is 10.2. The first kappa shape index (κ1) is 29.4. The van der Waals surface area contributed by atoms with Crippen molar-refractivity contribution in [1.29, 1.82) is 0 Å². The van der Waals surface area contributed by atoms with Crippen LogP contribution in [0.25, 0.3) is 10.9 Å². The second-order valence-electron chi connectivity index (χ2n) is 8.11. The van der Waals surface area contributed by atoms with Gasteiger partial charge in [-0.2, -0.15) is 0 Å². The van der Waals surface area contributed by atoms with Gasteiger partial charge in [-0.25, -0.2) is 4.98 Å². The monoisotopic (exact) mass is 544 g/mol. The molecule has 0 bridgehead atoms. The topological polar surface area (TPSA) is 143 Å². The van der Waals surface area contributed by atoms with E-state index in [9.17, 15) is 4.79 Å². The van der Waals surface area contributed by atoms with Gasteiger partial charge >= 0.3 is 0 Å². The maximum absolute atomic E-state index is 12.8. The Morgan fingerprint density at radius 2 is 1.88 bits per heavy atom. The van der Waals surface area contributed by atoms with Crippen LogP contribution in [0.15, 0.2) is 87.7 Å². The minimum absolute atomic E-state index is 0.121. The summed E-state index contributed by atoms with van der Waals surface area (Å²) in [6.07, 6.45) is 7.88. The first-order chi connectivity index (χ1) is 19.3. The predicted octanol–water partition coefficient (Wildman–Crippen LogP) is 5.16. The Morgan fingerprint density at radius 3 is 2.50 bits per heavy atom. The van der Waals surface area contributed by atoms with Crippen molar-refractivity contribution in [3.05, 3.63) is 77.7 Å². The van der Waals surface area contributed by atoms with E-state index in [0.29, 0.717) is 34.2 Å². The summed E-state index contributed by atoms with van der Waals surface area (Å²) in [7, 11) is 3.12. The highest BCUT2D eigenvalue weighted by molar-refractivity contribution is 6.05. The summed E-state index contributed by atoms with van der Waals surface area (Å²) in [5.74, 6) is 1.90. The third kappa shape index (κ3) is 7.22. The molecule has 0 saturated heterocycles. The highest BCUT2D eigenvalue weighted by Gasteiger charge is 2.15. The molecule has 208 valence electrons. The fourth-order valence-corrected chi connectivity index (χ4v) is 3.55. The quantitative estimate of drug-likeness (QED) is 0.138. The van der Waals surface area contributed by atoms with Gasteiger partial charge in [-0.05, 0) is 57.3 Å². The van der Waals surface area contributed by atoms with Gasteiger partial charge in [-0.3, -0.25) is 19.8 Å². The minimum Gasteiger partial charge on any atom is -0.493 e. The molecular formula is C29H32N6O5. The summed E-state index contributed by atoms with van der Waals surface area (Å²) in [5.41, 5.74) is 8.04. The Labute approximate surface area is 232 Å². The number of fused-ring (bicyclic) bond motifs is 1. The third-order valence-electron chi connectivity index (χ3n) is 5.51. The summed E-state index contributed by atoms with van der Waals surface area (Å²) in [4.78, 5) is 29.6. The van der Waals surface area contributed by atoms with Crippen LogP contribution in [0, 0.1) is 0 Å². The highest BCUT2D eigenvalue weighted by atomic mass is 16.5. The number of benzene rings is 1. The normalized spacial score (nSPS) is 12.6. The number of aliphatic imine (C=N–C) groups is 2. The summed E-state index contributed by atoms with van der Waals surface area (Å²) < 4.78 is 22.3. The lowest BCUT2D eigenvalue weighted by molar-refractivity contribution is -0.113. The van der Waals surface area contributed by atoms with Crippen LogP contribution in [0.3, 0.4) is 0 Å². The number of ether oxygens (including phenoxy) is 4. The number of amides is 1. The standard InChI is InChI=1S/C29H32N6O5/c1-7-21(18(3)15-31-4)33-17-26(39-8-2)28(30)29(36)35-27-10-9-19(16-34-27)40-23-11-12-32-22-14-25(38-6)24(37-5)13-20(22)23/h7,9-17H,4,8,30H2,1-3,5-6H3,(H,34,35,36)/b18-15-,21-7+,28-26?,33-17?. The molecular weight excluding hydrogens is 512 g/mol. The van der Waals surface area contributed by atoms with Crippen molar-refractivity contribution in [3.8, 4) is 23.0 Å². The Kier molecular flexibility index (Phi) is 10.4. The lowest BCUT2D eigenvalue weighted by Gasteiger charge is -2.12. The smallest absolute Gasteiger partial charge is 0.276 e. The van der Waals surface area contributed by atoms with E-state index in [4.69, 9.17) is 24.7 Å². The number of rotatable bonds is 12. The van der Waals surface area contributed by atoms with Gasteiger partial charge in [0.25, 0.3) is 5.91 Å². The van der Waals surface area contributed by atoms with Crippen molar-refractivity contribution in [1.82, 2.24) is 9.97 Å². The molecule has 1 amide bonds. The van der Waals surface area contributed by atoms with Crippen LogP contribution < -0.4 is 25.3 Å². The molecule has 40 heavy (non-hydrogen) atoms. The van der Waals surface area contributed by atoms with E-state index in [1.165, 1.54) is 12.4 Å². The Morgan fingerprint density at radius 1 is 1.12 bits per heavy atom. The number of allylic oxidation sites excluding steroid dienone is 3. The number of nitrogens with two attached hydrogens (primary N) is 1. The van der Waals surface area contributed by atoms with Gasteiger partial charge in [0.1, 0.15) is 23.0 Å². The minimum atomic E-state index is -0.598. The number of nitrogens with one attached hydrogen (secondary N) is 1. The van der Waals surface area contributed by atoms with Gasteiger partial charge in [-0.1, -0.05) is 6.08 Å². The van der Waals surface area contributed by atoms with Crippen LogP contribution in [0.2, 0.25) is 0 Å². The summed E-state index contributed by atoms with van der Waals surface area (Å²) >= 11 is 0. The molecule has 3 aromatic rings. The molecule has 0 aliphatic rings. The zero-order chi connectivity index (χ0) is 29.1. The van der Waals surface area contributed by atoms with E-state index in [1.807, 2.05) is 13.8 Å². The van der Waals surface area contributed by atoms with E-state index >= 15 is 0 Å². The van der Waals surface area contributed by atoms with Gasteiger partial charge in [0.2, 0.25) is 0 Å². The van der Waals surface area contributed by atoms with Crippen LogP contribution in [0.4, 0.5) is 5.82 Å². The van der Waals surface area contributed by atoms with Crippen molar-refractivity contribution in [2.75, 3.05) is 26.1 Å². The molecule has 0 aliphatic heterocycles. The van der Waals surface area contributed by atoms with Gasteiger partial charge in [0, 0.05) is 23.8 Å². The molecule has 0 saturated carbocycles. The van der Waals surface area contributed by atoms with Gasteiger partial charge in [0.15, 0.2) is 17.3 Å². The fourth-order valence-electron chi connectivity index (χ4n) is 3.55. The lowest BCUT2D eigenvalue weighted by Crippen LogP contribution is -2.23. The van der Waals surface area contributed by atoms with Gasteiger partial charge < -0.3 is 30.0 Å². The van der Waals surface area contributed by atoms with Crippen molar-refractivity contribution >= 4 is 35.6 Å². The number of nitrogens with zero attached hydrogens (tertiary/aromatic N) is 4. The van der Waals surface area contributed by atoms with Crippen LogP contribution in [0.5, 0.6) is 23.0 Å². The summed E-state index contributed by atoms with van der Waals surface area (Å²) in [6.45, 7) is 9.18. The molecule has 3 N–H and O–H groups in total. The average molecular weight is 545 g/mol. The molecule has 0 unspecified atom stereocenters. The van der Waals surface area contributed by atoms with Crippen molar-refractivity contribution in [2.24, 2.45) is 15.7 Å². The Balaban J connectivity index is 1.78. The molecule has 2 heterocycles. The molecule has 0 atom stereocenters. The number of carbonyl (C=O) groups is 1. The molecule has 0 spiro atoms. The molecule has 0 fully saturated rings. The number of carbonyl (C=O) groups excluding carboxylic acids is 1. The van der Waals surface area contributed by atoms with E-state index in [1.54, 1.807) is 69.9 Å². The van der Waals surface area contributed by atoms with E-state index < -0.39 is 5.91 Å². The second-order valence-corrected chi connectivity index (χ2v) is 8.11. The molecule has 11 heteroatoms. The number of hydrogen-bond donors (Lipinski definition) is 2. The van der Waals surface area contributed by atoms with Crippen molar-refractivity contribution in [3.63, 3.8) is 0 Å². The number of anilines is 1. The fraction of sp³-hybridized carbons (Fsp3) is 0.207. The van der Waals surface area contributed by atoms with Crippen LogP contribution >= 0.6 is 0 Å². The summed E-state index contributed by atoms with van der Waals surface area (Å²) in [6, 6.07) is 8.56. The Bertz CT molecular complexity index is 1490. The predicted molar refractivity (Wildman–Crippen MR) is 156 cm³/mol. The average Bonchev–Trinajstić information content (AvgIpc) is 2.97. The van der Waals surface area contributed by atoms with Crippen molar-refractivity contribution in [2.45, 2.75) is 20.8 Å². The largest absolute Gasteiger partial charge is 0.493 e. The zero-order valence-corrected chi connectivity index (χ0v) is 23.1. The number of aromatic nitrogens is 2. The van der Waals surface area contributed by atoms with Crippen LogP contribution in [0.1, 0.15) is 20.8 Å². The number of methoxy groups -OCH3 is 2.